The Hall–Kier alpha value is -0.250. The molecule has 0 bridgehead atoms. The molecule has 0 aliphatic heterocycles. The quantitative estimate of drug-likeness (QED) is 0.791. The van der Waals surface area contributed by atoms with Gasteiger partial charge >= 0.3 is 0 Å². The zero-order valence-corrected chi connectivity index (χ0v) is 10.5. The Kier molecular flexibility index (Phi) is 4.44. The molecule has 0 heterocycles. The van der Waals surface area contributed by atoms with Gasteiger partial charge in [0.1, 0.15) is 0 Å². The minimum absolute atomic E-state index is 0.0581. The lowest BCUT2D eigenvalue weighted by atomic mass is 10.1. The molecule has 1 rings (SSSR count). The van der Waals surface area contributed by atoms with Gasteiger partial charge in [0.15, 0.2) is 5.75 Å². The summed E-state index contributed by atoms with van der Waals surface area (Å²) in [6.45, 7) is 0.457. The molecule has 0 aromatic rings. The van der Waals surface area contributed by atoms with Crippen molar-refractivity contribution in [2.45, 2.75) is 30.4 Å². The number of hydrogen-bond acceptors (Lipinski definition) is 4. The fourth-order valence-electron chi connectivity index (χ4n) is 1.85. The second-order valence-corrected chi connectivity index (χ2v) is 6.91. The van der Waals surface area contributed by atoms with Crippen LogP contribution in [0.1, 0.15) is 25.7 Å². The van der Waals surface area contributed by atoms with E-state index in [0.29, 0.717) is 6.54 Å². The van der Waals surface area contributed by atoms with E-state index in [-0.39, 0.29) is 4.75 Å². The van der Waals surface area contributed by atoms with Gasteiger partial charge in [-0.25, -0.2) is 13.1 Å². The van der Waals surface area contributed by atoms with Gasteiger partial charge in [0.2, 0.25) is 10.0 Å². The number of nitrogens with zero attached hydrogens (tertiary/aromatic N) is 1. The van der Waals surface area contributed by atoms with Gasteiger partial charge in [-0.3, -0.25) is 0 Å². The summed E-state index contributed by atoms with van der Waals surface area (Å²) in [5.41, 5.74) is 0. The third kappa shape index (κ3) is 3.67. The van der Waals surface area contributed by atoms with Gasteiger partial charge < -0.3 is 0 Å². The Morgan fingerprint density at radius 1 is 1.47 bits per heavy atom. The SMILES string of the molecule is CSC1(CNS(=O)(=O)CC#N)CCCC1. The van der Waals surface area contributed by atoms with Crippen LogP contribution in [-0.4, -0.2) is 31.7 Å². The summed E-state index contributed by atoms with van der Waals surface area (Å²) in [5, 5.41) is 8.34. The summed E-state index contributed by atoms with van der Waals surface area (Å²) in [5.74, 6) is -0.447. The second kappa shape index (κ2) is 5.19. The van der Waals surface area contributed by atoms with Crippen LogP contribution in [0.4, 0.5) is 0 Å². The molecule has 1 N–H and O–H groups in total. The highest BCUT2D eigenvalue weighted by atomic mass is 32.2. The molecule has 0 radical (unpaired) electrons. The summed E-state index contributed by atoms with van der Waals surface area (Å²) >= 11 is 1.73. The molecule has 1 saturated carbocycles. The van der Waals surface area contributed by atoms with Crippen molar-refractivity contribution in [2.75, 3.05) is 18.6 Å². The third-order valence-corrected chi connectivity index (χ3v) is 5.33. The molecule has 86 valence electrons. The number of nitriles is 1. The van der Waals surface area contributed by atoms with Crippen molar-refractivity contribution in [2.24, 2.45) is 0 Å². The molecule has 0 aromatic carbocycles. The van der Waals surface area contributed by atoms with Crippen molar-refractivity contribution in [1.82, 2.24) is 4.72 Å². The van der Waals surface area contributed by atoms with Crippen LogP contribution in [-0.2, 0) is 10.0 Å². The van der Waals surface area contributed by atoms with Gasteiger partial charge in [0.25, 0.3) is 0 Å². The Morgan fingerprint density at radius 3 is 2.53 bits per heavy atom. The molecule has 0 aromatic heterocycles. The van der Waals surface area contributed by atoms with E-state index in [1.807, 2.05) is 6.26 Å². The molecule has 0 spiro atoms. The molecule has 1 fully saturated rings. The van der Waals surface area contributed by atoms with Crippen LogP contribution in [0.2, 0.25) is 0 Å². The fourth-order valence-corrected chi connectivity index (χ4v) is 3.62. The first kappa shape index (κ1) is 12.8. The maximum absolute atomic E-state index is 11.3. The van der Waals surface area contributed by atoms with Crippen LogP contribution < -0.4 is 4.72 Å². The summed E-state index contributed by atoms with van der Waals surface area (Å²) in [7, 11) is -3.39. The predicted octanol–water partition coefficient (Wildman–Crippen LogP) is 1.11. The van der Waals surface area contributed by atoms with E-state index in [1.54, 1.807) is 17.8 Å². The minimum atomic E-state index is -3.39. The fraction of sp³-hybridized carbons (Fsp3) is 0.889. The zero-order chi connectivity index (χ0) is 11.4. The minimum Gasteiger partial charge on any atom is -0.213 e. The highest BCUT2D eigenvalue weighted by molar-refractivity contribution is 8.00. The summed E-state index contributed by atoms with van der Waals surface area (Å²) in [6.07, 6.45) is 6.47. The third-order valence-electron chi connectivity index (χ3n) is 2.82. The van der Waals surface area contributed by atoms with E-state index < -0.39 is 15.8 Å². The standard InChI is InChI=1S/C9H16N2O2S2/c1-14-9(4-2-3-5-9)8-11-15(12,13)7-6-10/h11H,2-5,7-8H2,1H3. The maximum atomic E-state index is 11.3. The lowest BCUT2D eigenvalue weighted by Crippen LogP contribution is -2.39. The van der Waals surface area contributed by atoms with Crippen molar-refractivity contribution >= 4 is 21.8 Å². The highest BCUT2D eigenvalue weighted by Crippen LogP contribution is 2.39. The van der Waals surface area contributed by atoms with E-state index in [0.717, 1.165) is 12.8 Å². The lowest BCUT2D eigenvalue weighted by Gasteiger charge is -2.26. The van der Waals surface area contributed by atoms with Crippen LogP contribution >= 0.6 is 11.8 Å². The summed E-state index contributed by atoms with van der Waals surface area (Å²) in [6, 6.07) is 1.66. The van der Waals surface area contributed by atoms with E-state index in [1.165, 1.54) is 12.8 Å². The topological polar surface area (TPSA) is 70.0 Å². The van der Waals surface area contributed by atoms with Crippen LogP contribution in [0.15, 0.2) is 0 Å². The first-order valence-corrected chi connectivity index (χ1v) is 7.81. The number of hydrogen-bond donors (Lipinski definition) is 1. The van der Waals surface area contributed by atoms with Crippen molar-refractivity contribution < 1.29 is 8.42 Å². The average Bonchev–Trinajstić information content (AvgIpc) is 2.64. The van der Waals surface area contributed by atoms with Crippen LogP contribution in [0.25, 0.3) is 0 Å². The summed E-state index contributed by atoms with van der Waals surface area (Å²) < 4.78 is 25.2. The Labute approximate surface area is 95.5 Å². The Balaban J connectivity index is 2.52. The van der Waals surface area contributed by atoms with Gasteiger partial charge in [-0.2, -0.15) is 17.0 Å². The monoisotopic (exact) mass is 248 g/mol. The largest absolute Gasteiger partial charge is 0.225 e. The number of thioether (sulfide) groups is 1. The molecule has 1 aliphatic rings. The predicted molar refractivity (Wildman–Crippen MR) is 62.1 cm³/mol. The number of nitrogens with one attached hydrogen (secondary N) is 1. The van der Waals surface area contributed by atoms with Crippen molar-refractivity contribution in [3.05, 3.63) is 0 Å². The molecule has 0 atom stereocenters. The second-order valence-electron chi connectivity index (χ2n) is 3.83. The van der Waals surface area contributed by atoms with Gasteiger partial charge in [-0.05, 0) is 19.1 Å². The number of rotatable bonds is 5. The van der Waals surface area contributed by atoms with Gasteiger partial charge in [0.05, 0.1) is 6.07 Å². The normalized spacial score (nSPS) is 20.0. The molecule has 4 nitrogen and oxygen atoms in total. The summed E-state index contributed by atoms with van der Waals surface area (Å²) in [4.78, 5) is 0. The van der Waals surface area contributed by atoms with Crippen molar-refractivity contribution in [1.29, 1.82) is 5.26 Å². The van der Waals surface area contributed by atoms with Crippen molar-refractivity contribution in [3.8, 4) is 6.07 Å². The molecule has 0 saturated heterocycles. The first-order chi connectivity index (χ1) is 7.04. The average molecular weight is 248 g/mol. The van der Waals surface area contributed by atoms with Gasteiger partial charge in [-0.15, -0.1) is 0 Å². The first-order valence-electron chi connectivity index (χ1n) is 4.93. The van der Waals surface area contributed by atoms with Gasteiger partial charge in [0, 0.05) is 11.3 Å². The molecule has 1 aliphatic carbocycles. The molecule has 0 amide bonds. The molecular formula is C9H16N2O2S2. The van der Waals surface area contributed by atoms with E-state index in [4.69, 9.17) is 5.26 Å². The van der Waals surface area contributed by atoms with Crippen LogP contribution in [0.3, 0.4) is 0 Å². The molecular weight excluding hydrogens is 232 g/mol. The smallest absolute Gasteiger partial charge is 0.213 e. The molecule has 6 heteroatoms. The van der Waals surface area contributed by atoms with E-state index in [9.17, 15) is 8.42 Å². The van der Waals surface area contributed by atoms with Crippen LogP contribution in [0, 0.1) is 11.3 Å². The van der Waals surface area contributed by atoms with E-state index >= 15 is 0 Å². The zero-order valence-electron chi connectivity index (χ0n) is 8.82. The molecule has 0 unspecified atom stereocenters. The van der Waals surface area contributed by atoms with Crippen LogP contribution in [0.5, 0.6) is 0 Å². The molecule has 15 heavy (non-hydrogen) atoms. The maximum Gasteiger partial charge on any atom is 0.225 e. The Morgan fingerprint density at radius 2 is 2.07 bits per heavy atom. The van der Waals surface area contributed by atoms with Gasteiger partial charge in [-0.1, -0.05) is 12.8 Å². The highest BCUT2D eigenvalue weighted by Gasteiger charge is 2.33. The number of sulfonamides is 1. The van der Waals surface area contributed by atoms with Crippen molar-refractivity contribution in [3.63, 3.8) is 0 Å². The lowest BCUT2D eigenvalue weighted by molar-refractivity contribution is 0.553. The van der Waals surface area contributed by atoms with E-state index in [2.05, 4.69) is 4.72 Å². The Bertz CT molecular complexity index is 340.